The molecule has 1 aromatic carbocycles. The highest BCUT2D eigenvalue weighted by atomic mass is 19.4. The number of halogens is 3. The molecular weight excluding hydrogens is 323 g/mol. The zero-order chi connectivity index (χ0) is 17.3. The number of hydrogen-bond acceptors (Lipinski definition) is 3. The van der Waals surface area contributed by atoms with E-state index >= 15 is 0 Å². The third-order valence-corrected chi connectivity index (χ3v) is 4.85. The molecule has 3 atom stereocenters. The number of likely N-dealkylation sites (tertiary alicyclic amines) is 1. The Bertz CT molecular complexity index is 605. The number of carbonyl (C=O) groups excluding carboxylic acids is 1. The van der Waals surface area contributed by atoms with Crippen LogP contribution < -0.4 is 0 Å². The maximum Gasteiger partial charge on any atom is 0.416 e. The fourth-order valence-corrected chi connectivity index (χ4v) is 3.60. The first-order valence-electron chi connectivity index (χ1n) is 8.12. The molecule has 0 aliphatic carbocycles. The molecule has 7 heteroatoms. The Kier molecular flexibility index (Phi) is 4.83. The second kappa shape index (κ2) is 6.72. The first kappa shape index (κ1) is 17.2. The molecule has 2 aliphatic heterocycles. The van der Waals surface area contributed by atoms with Crippen LogP contribution in [0.2, 0.25) is 0 Å². The number of amides is 1. The van der Waals surface area contributed by atoms with E-state index in [9.17, 15) is 23.1 Å². The average Bonchev–Trinajstić information content (AvgIpc) is 3.03. The van der Waals surface area contributed by atoms with Gasteiger partial charge in [0.25, 0.3) is 5.91 Å². The van der Waals surface area contributed by atoms with Crippen molar-refractivity contribution >= 4 is 5.91 Å². The van der Waals surface area contributed by atoms with Crippen molar-refractivity contribution in [1.29, 1.82) is 0 Å². The molecule has 1 aromatic rings. The van der Waals surface area contributed by atoms with Crippen molar-refractivity contribution < 1.29 is 27.8 Å². The van der Waals surface area contributed by atoms with Crippen molar-refractivity contribution in [2.45, 2.75) is 37.6 Å². The number of hydrogen-bond donors (Lipinski definition) is 1. The number of carbonyl (C=O) groups is 1. The van der Waals surface area contributed by atoms with Crippen molar-refractivity contribution in [3.63, 3.8) is 0 Å². The molecule has 1 amide bonds. The van der Waals surface area contributed by atoms with E-state index in [0.29, 0.717) is 26.2 Å². The van der Waals surface area contributed by atoms with Gasteiger partial charge in [0, 0.05) is 30.7 Å². The van der Waals surface area contributed by atoms with E-state index in [4.69, 9.17) is 4.74 Å². The van der Waals surface area contributed by atoms with Gasteiger partial charge in [-0.2, -0.15) is 13.2 Å². The lowest BCUT2D eigenvalue weighted by atomic mass is 9.89. The molecule has 2 fully saturated rings. The van der Waals surface area contributed by atoms with Crippen molar-refractivity contribution in [3.05, 3.63) is 35.4 Å². The second-order valence-corrected chi connectivity index (χ2v) is 6.38. The molecule has 4 nitrogen and oxygen atoms in total. The van der Waals surface area contributed by atoms with Crippen LogP contribution in [0.25, 0.3) is 0 Å². The Morgan fingerprint density at radius 1 is 1.29 bits per heavy atom. The lowest BCUT2D eigenvalue weighted by molar-refractivity contribution is -0.137. The van der Waals surface area contributed by atoms with Crippen LogP contribution in [0.1, 0.15) is 35.2 Å². The summed E-state index contributed by atoms with van der Waals surface area (Å²) < 4.78 is 44.0. The van der Waals surface area contributed by atoms with Crippen molar-refractivity contribution in [2.75, 3.05) is 19.8 Å². The Hall–Kier alpha value is -1.60. The minimum atomic E-state index is -4.48. The molecule has 2 aliphatic rings. The number of benzene rings is 1. The van der Waals surface area contributed by atoms with E-state index in [1.165, 1.54) is 12.1 Å². The molecule has 2 saturated heterocycles. The van der Waals surface area contributed by atoms with Gasteiger partial charge in [0.15, 0.2) is 0 Å². The van der Waals surface area contributed by atoms with E-state index in [1.807, 2.05) is 0 Å². The first-order chi connectivity index (χ1) is 11.4. The van der Waals surface area contributed by atoms with E-state index in [0.717, 1.165) is 25.0 Å². The SMILES string of the molecule is O=C(c1cccc(C(F)(F)F)c1)N1CCC[C@@H]1[C@H]1COCC[C@H]1O. The van der Waals surface area contributed by atoms with Gasteiger partial charge >= 0.3 is 6.18 Å². The summed E-state index contributed by atoms with van der Waals surface area (Å²) in [5, 5.41) is 10.2. The van der Waals surface area contributed by atoms with E-state index in [1.54, 1.807) is 4.90 Å². The zero-order valence-electron chi connectivity index (χ0n) is 13.1. The molecule has 0 saturated carbocycles. The maximum atomic E-state index is 12.9. The predicted octanol–water partition coefficient (Wildman–Crippen LogP) is 2.71. The van der Waals surface area contributed by atoms with Gasteiger partial charge in [0.2, 0.25) is 0 Å². The van der Waals surface area contributed by atoms with Crippen molar-refractivity contribution in [2.24, 2.45) is 5.92 Å². The molecule has 2 heterocycles. The average molecular weight is 343 g/mol. The fraction of sp³-hybridized carbons (Fsp3) is 0.588. The molecule has 0 unspecified atom stereocenters. The highest BCUT2D eigenvalue weighted by Crippen LogP contribution is 2.33. The Morgan fingerprint density at radius 3 is 2.79 bits per heavy atom. The van der Waals surface area contributed by atoms with Crippen LogP contribution in [-0.4, -0.2) is 47.8 Å². The van der Waals surface area contributed by atoms with Gasteiger partial charge in [-0.3, -0.25) is 4.79 Å². The second-order valence-electron chi connectivity index (χ2n) is 6.38. The third kappa shape index (κ3) is 3.42. The molecular formula is C17H20F3NO3. The largest absolute Gasteiger partial charge is 0.416 e. The Morgan fingerprint density at radius 2 is 2.08 bits per heavy atom. The molecule has 132 valence electrons. The normalized spacial score (nSPS) is 28.2. The zero-order valence-corrected chi connectivity index (χ0v) is 13.1. The molecule has 24 heavy (non-hydrogen) atoms. The van der Waals surface area contributed by atoms with Gasteiger partial charge in [0.05, 0.1) is 18.3 Å². The molecule has 0 spiro atoms. The van der Waals surface area contributed by atoms with Crippen LogP contribution >= 0.6 is 0 Å². The monoisotopic (exact) mass is 343 g/mol. The lowest BCUT2D eigenvalue weighted by Crippen LogP contribution is -2.48. The minimum absolute atomic E-state index is 0.0305. The maximum absolute atomic E-state index is 12.9. The number of aliphatic hydroxyl groups excluding tert-OH is 1. The summed E-state index contributed by atoms with van der Waals surface area (Å²) in [5.74, 6) is -0.600. The summed E-state index contributed by atoms with van der Waals surface area (Å²) in [6, 6.07) is 4.31. The fourth-order valence-electron chi connectivity index (χ4n) is 3.60. The summed E-state index contributed by atoms with van der Waals surface area (Å²) in [7, 11) is 0. The van der Waals surface area contributed by atoms with Crippen LogP contribution in [0.3, 0.4) is 0 Å². The summed E-state index contributed by atoms with van der Waals surface area (Å²) in [4.78, 5) is 14.3. The van der Waals surface area contributed by atoms with E-state index < -0.39 is 23.8 Å². The van der Waals surface area contributed by atoms with Crippen LogP contribution in [-0.2, 0) is 10.9 Å². The Balaban J connectivity index is 1.81. The number of nitrogens with zero attached hydrogens (tertiary/aromatic N) is 1. The standard InChI is InChI=1S/C17H20F3NO3/c18-17(19,20)12-4-1-3-11(9-12)16(23)21-7-2-5-14(21)13-10-24-8-6-15(13)22/h1,3-4,9,13-15,22H,2,5-8,10H2/t13-,14-,15-/m1/s1. The van der Waals surface area contributed by atoms with Crippen LogP contribution in [0.15, 0.2) is 24.3 Å². The van der Waals surface area contributed by atoms with E-state index in [2.05, 4.69) is 0 Å². The van der Waals surface area contributed by atoms with Crippen molar-refractivity contribution in [1.82, 2.24) is 4.90 Å². The van der Waals surface area contributed by atoms with Gasteiger partial charge in [-0.1, -0.05) is 6.07 Å². The van der Waals surface area contributed by atoms with Crippen LogP contribution in [0.5, 0.6) is 0 Å². The summed E-state index contributed by atoms with van der Waals surface area (Å²) in [6.07, 6.45) is -2.99. The lowest BCUT2D eigenvalue weighted by Gasteiger charge is -2.37. The van der Waals surface area contributed by atoms with E-state index in [-0.39, 0.29) is 17.5 Å². The van der Waals surface area contributed by atoms with Gasteiger partial charge in [-0.25, -0.2) is 0 Å². The third-order valence-electron chi connectivity index (χ3n) is 4.85. The predicted molar refractivity (Wildman–Crippen MR) is 80.4 cm³/mol. The molecule has 1 N–H and O–H groups in total. The quantitative estimate of drug-likeness (QED) is 0.898. The van der Waals surface area contributed by atoms with Gasteiger partial charge < -0.3 is 14.7 Å². The molecule has 0 aromatic heterocycles. The van der Waals surface area contributed by atoms with Crippen molar-refractivity contribution in [3.8, 4) is 0 Å². The summed E-state index contributed by atoms with van der Waals surface area (Å²) >= 11 is 0. The number of alkyl halides is 3. The molecule has 0 radical (unpaired) electrons. The highest BCUT2D eigenvalue weighted by molar-refractivity contribution is 5.94. The summed E-state index contributed by atoms with van der Waals surface area (Å²) in [5.41, 5.74) is -0.798. The summed E-state index contributed by atoms with van der Waals surface area (Å²) in [6.45, 7) is 1.35. The van der Waals surface area contributed by atoms with Gasteiger partial charge in [-0.15, -0.1) is 0 Å². The van der Waals surface area contributed by atoms with Crippen LogP contribution in [0, 0.1) is 5.92 Å². The number of ether oxygens (including phenoxy) is 1. The molecule has 3 rings (SSSR count). The van der Waals surface area contributed by atoms with Gasteiger partial charge in [-0.05, 0) is 37.5 Å². The first-order valence-corrected chi connectivity index (χ1v) is 8.12. The van der Waals surface area contributed by atoms with Gasteiger partial charge in [0.1, 0.15) is 0 Å². The molecule has 0 bridgehead atoms. The highest BCUT2D eigenvalue weighted by Gasteiger charge is 2.40. The number of rotatable bonds is 2. The topological polar surface area (TPSA) is 49.8 Å². The Labute approximate surface area is 138 Å². The minimum Gasteiger partial charge on any atom is -0.393 e. The smallest absolute Gasteiger partial charge is 0.393 e. The van der Waals surface area contributed by atoms with Crippen LogP contribution in [0.4, 0.5) is 13.2 Å². The number of aliphatic hydroxyl groups is 1.